The first-order valence-electron chi connectivity index (χ1n) is 7.75. The Morgan fingerprint density at radius 3 is 2.36 bits per heavy atom. The summed E-state index contributed by atoms with van der Waals surface area (Å²) in [6.07, 6.45) is -1.48. The molecule has 8 heteroatoms. The van der Waals surface area contributed by atoms with Crippen molar-refractivity contribution >= 4 is 23.9 Å². The van der Waals surface area contributed by atoms with E-state index in [1.54, 1.807) is 13.8 Å². The third-order valence-corrected chi connectivity index (χ3v) is 3.25. The lowest BCUT2D eigenvalue weighted by atomic mass is 10.1. The Morgan fingerprint density at radius 1 is 1.24 bits per heavy atom. The molecule has 0 bridgehead atoms. The van der Waals surface area contributed by atoms with Crippen LogP contribution in [-0.2, 0) is 19.1 Å². The highest BCUT2D eigenvalue weighted by atomic mass is 16.5. The van der Waals surface area contributed by atoms with Crippen LogP contribution in [0.25, 0.3) is 0 Å². The first kappa shape index (κ1) is 20.3. The quantitative estimate of drug-likeness (QED) is 0.385. The van der Waals surface area contributed by atoms with Gasteiger partial charge in [0.25, 0.3) is 5.91 Å². The number of ether oxygens (including phenoxy) is 1. The summed E-state index contributed by atoms with van der Waals surface area (Å²) in [6, 6.07) is 4.27. The van der Waals surface area contributed by atoms with Gasteiger partial charge in [0.15, 0.2) is 11.9 Å². The number of amides is 1. The number of ketones is 1. The molecule has 1 aromatic carbocycles. The van der Waals surface area contributed by atoms with Crippen LogP contribution in [0.15, 0.2) is 24.3 Å². The Hall–Kier alpha value is -2.74. The molecule has 0 unspecified atom stereocenters. The molecular formula is C17H22N2O6. The number of hydrogen-bond donors (Lipinski definition) is 4. The molecule has 2 atom stereocenters. The van der Waals surface area contributed by atoms with Gasteiger partial charge < -0.3 is 25.7 Å². The maximum absolute atomic E-state index is 12.2. The lowest BCUT2D eigenvalue weighted by Crippen LogP contribution is -2.44. The number of aromatic hydroxyl groups is 1. The molecule has 136 valence electrons. The topological polar surface area (TPSA) is 137 Å². The molecule has 0 fully saturated rings. The van der Waals surface area contributed by atoms with Gasteiger partial charge in [0.1, 0.15) is 11.8 Å². The van der Waals surface area contributed by atoms with Crippen molar-refractivity contribution in [3.05, 3.63) is 29.8 Å². The molecule has 0 saturated carbocycles. The summed E-state index contributed by atoms with van der Waals surface area (Å²) in [4.78, 5) is 35.5. The highest BCUT2D eigenvalue weighted by Crippen LogP contribution is 2.17. The van der Waals surface area contributed by atoms with Crippen molar-refractivity contribution in [3.8, 4) is 5.75 Å². The van der Waals surface area contributed by atoms with Crippen molar-refractivity contribution in [1.82, 2.24) is 5.32 Å². The van der Waals surface area contributed by atoms with Gasteiger partial charge in [-0.1, -0.05) is 12.1 Å². The Balaban J connectivity index is 2.81. The lowest BCUT2D eigenvalue weighted by molar-refractivity contribution is -0.152. The van der Waals surface area contributed by atoms with E-state index in [4.69, 9.17) is 10.1 Å². The molecule has 0 heterocycles. The number of benzene rings is 1. The number of carbonyl (C=O) groups excluding carboxylic acids is 3. The van der Waals surface area contributed by atoms with E-state index in [1.165, 1.54) is 24.3 Å². The first-order chi connectivity index (χ1) is 11.7. The van der Waals surface area contributed by atoms with E-state index >= 15 is 0 Å². The number of phenolic OH excluding ortho intramolecular Hbond substituents is 1. The van der Waals surface area contributed by atoms with Gasteiger partial charge in [0.05, 0.1) is 12.3 Å². The molecule has 0 aliphatic carbocycles. The zero-order chi connectivity index (χ0) is 19.0. The third-order valence-electron chi connectivity index (χ3n) is 3.25. The molecule has 8 nitrogen and oxygen atoms in total. The second-order valence-electron chi connectivity index (χ2n) is 5.69. The molecule has 1 amide bonds. The highest BCUT2D eigenvalue weighted by molar-refractivity contribution is 6.26. The molecule has 0 saturated heterocycles. The first-order valence-corrected chi connectivity index (χ1v) is 7.75. The molecule has 1 aromatic rings. The van der Waals surface area contributed by atoms with Crippen LogP contribution < -0.4 is 5.32 Å². The summed E-state index contributed by atoms with van der Waals surface area (Å²) >= 11 is 0. The number of phenols is 1. The normalized spacial score (nSPS) is 13.0. The molecule has 0 aromatic heterocycles. The van der Waals surface area contributed by atoms with Gasteiger partial charge in [0, 0.05) is 6.42 Å². The number of aliphatic hydroxyl groups excluding tert-OH is 1. The van der Waals surface area contributed by atoms with Gasteiger partial charge in [-0.05, 0) is 38.0 Å². The van der Waals surface area contributed by atoms with Crippen molar-refractivity contribution in [2.24, 2.45) is 0 Å². The highest BCUT2D eigenvalue weighted by Gasteiger charge is 2.27. The summed E-state index contributed by atoms with van der Waals surface area (Å²) in [5.74, 6) is -2.06. The summed E-state index contributed by atoms with van der Waals surface area (Å²) in [5, 5.41) is 28.5. The Kier molecular flexibility index (Phi) is 7.74. The minimum Gasteiger partial charge on any atom is -0.508 e. The van der Waals surface area contributed by atoms with Crippen LogP contribution in [-0.4, -0.2) is 46.2 Å². The number of esters is 1. The van der Waals surface area contributed by atoms with Crippen LogP contribution in [0.4, 0.5) is 0 Å². The maximum Gasteiger partial charge on any atom is 0.328 e. The van der Waals surface area contributed by atoms with E-state index in [0.717, 1.165) is 0 Å². The van der Waals surface area contributed by atoms with Gasteiger partial charge in [-0.2, -0.15) is 0 Å². The van der Waals surface area contributed by atoms with E-state index in [2.05, 4.69) is 5.32 Å². The zero-order valence-electron chi connectivity index (χ0n) is 14.1. The van der Waals surface area contributed by atoms with E-state index in [9.17, 15) is 24.6 Å². The Morgan fingerprint density at radius 2 is 1.84 bits per heavy atom. The van der Waals surface area contributed by atoms with Crippen LogP contribution in [0.2, 0.25) is 0 Å². The molecule has 25 heavy (non-hydrogen) atoms. The number of nitrogens with one attached hydrogen (secondary N) is 2. The van der Waals surface area contributed by atoms with Crippen molar-refractivity contribution in [1.29, 1.82) is 5.41 Å². The van der Waals surface area contributed by atoms with Gasteiger partial charge in [-0.3, -0.25) is 9.59 Å². The van der Waals surface area contributed by atoms with Crippen molar-refractivity contribution in [2.45, 2.75) is 44.9 Å². The van der Waals surface area contributed by atoms with Crippen LogP contribution in [0.3, 0.4) is 0 Å². The van der Waals surface area contributed by atoms with Crippen molar-refractivity contribution in [3.63, 3.8) is 0 Å². The minimum absolute atomic E-state index is 0.0140. The average Bonchev–Trinajstić information content (AvgIpc) is 2.57. The summed E-state index contributed by atoms with van der Waals surface area (Å²) in [7, 11) is 0. The van der Waals surface area contributed by atoms with Crippen LogP contribution in [0.1, 0.15) is 38.4 Å². The smallest absolute Gasteiger partial charge is 0.328 e. The van der Waals surface area contributed by atoms with Crippen molar-refractivity contribution in [2.75, 3.05) is 0 Å². The van der Waals surface area contributed by atoms with E-state index < -0.39 is 35.9 Å². The monoisotopic (exact) mass is 350 g/mol. The van der Waals surface area contributed by atoms with Gasteiger partial charge in [-0.25, -0.2) is 4.79 Å². The van der Waals surface area contributed by atoms with Crippen molar-refractivity contribution < 1.29 is 29.3 Å². The largest absolute Gasteiger partial charge is 0.508 e. The zero-order valence-corrected chi connectivity index (χ0v) is 14.1. The molecule has 0 aliphatic heterocycles. The number of hydrogen-bond acceptors (Lipinski definition) is 7. The van der Waals surface area contributed by atoms with E-state index in [-0.39, 0.29) is 24.2 Å². The fourth-order valence-electron chi connectivity index (χ4n) is 1.98. The van der Waals surface area contributed by atoms with E-state index in [1.807, 2.05) is 0 Å². The van der Waals surface area contributed by atoms with E-state index in [0.29, 0.717) is 6.21 Å². The predicted molar refractivity (Wildman–Crippen MR) is 89.3 cm³/mol. The van der Waals surface area contributed by atoms with Gasteiger partial charge >= 0.3 is 5.97 Å². The van der Waals surface area contributed by atoms with Crippen LogP contribution in [0, 0.1) is 5.41 Å². The maximum atomic E-state index is 12.2. The predicted octanol–water partition coefficient (Wildman–Crippen LogP) is 0.861. The second-order valence-corrected chi connectivity index (χ2v) is 5.69. The molecule has 4 N–H and O–H groups in total. The number of rotatable bonds is 9. The number of carbonyl (C=O) groups is 3. The standard InChI is InChI=1S/C17H22N2O6/c1-10(2)25-17(24)14(8-7-13(21)9-18)19-16(23)15(22)11-3-5-12(20)6-4-11/h3-6,9-10,14-15,18,20,22H,7-8H2,1-2H3,(H,19,23)/t14-,15-/m0/s1. The van der Waals surface area contributed by atoms with Gasteiger partial charge in [-0.15, -0.1) is 0 Å². The summed E-state index contributed by atoms with van der Waals surface area (Å²) in [5.41, 5.74) is 0.238. The third kappa shape index (κ3) is 6.72. The number of Topliss-reactive ketones (excluding diaryl/α,β-unsaturated/α-hetero) is 1. The molecule has 1 rings (SSSR count). The molecule has 0 spiro atoms. The SMILES string of the molecule is CC(C)OC(=O)[C@H](CCC(=O)C=N)NC(=O)[C@@H](O)c1ccc(O)cc1. The average molecular weight is 350 g/mol. The second kappa shape index (κ2) is 9.53. The molecular weight excluding hydrogens is 328 g/mol. The fourth-order valence-corrected chi connectivity index (χ4v) is 1.98. The van der Waals surface area contributed by atoms with Gasteiger partial charge in [0.2, 0.25) is 0 Å². The fraction of sp³-hybridized carbons (Fsp3) is 0.412. The minimum atomic E-state index is -1.55. The van der Waals surface area contributed by atoms with Crippen LogP contribution >= 0.6 is 0 Å². The Bertz CT molecular complexity index is 627. The molecule has 0 aliphatic rings. The molecule has 0 radical (unpaired) electrons. The Labute approximate surface area is 145 Å². The van der Waals surface area contributed by atoms with Crippen LogP contribution in [0.5, 0.6) is 5.75 Å². The summed E-state index contributed by atoms with van der Waals surface area (Å²) in [6.45, 7) is 3.29. The lowest BCUT2D eigenvalue weighted by Gasteiger charge is -2.20. The summed E-state index contributed by atoms with van der Waals surface area (Å²) < 4.78 is 5.04. The number of aliphatic hydroxyl groups is 1.